The summed E-state index contributed by atoms with van der Waals surface area (Å²) in [6, 6.07) is 0. The van der Waals surface area contributed by atoms with Gasteiger partial charge >= 0.3 is 0 Å². The summed E-state index contributed by atoms with van der Waals surface area (Å²) in [4.78, 5) is 10.4. The van der Waals surface area contributed by atoms with Crippen LogP contribution in [0.2, 0.25) is 0 Å². The number of carbonyl (C=O) groups is 1. The van der Waals surface area contributed by atoms with Gasteiger partial charge in [0.25, 0.3) is 0 Å². The minimum atomic E-state index is -0.00935. The third-order valence-corrected chi connectivity index (χ3v) is 1.42. The molecule has 0 radical (unpaired) electrons. The van der Waals surface area contributed by atoms with Gasteiger partial charge in [-0.15, -0.1) is 6.58 Å². The Morgan fingerprint density at radius 1 is 2.00 bits per heavy atom. The second-order valence-corrected chi connectivity index (χ2v) is 2.21. The fourth-order valence-electron chi connectivity index (χ4n) is 0.242. The number of halogens is 1. The Morgan fingerprint density at radius 3 is 2.62 bits per heavy atom. The highest BCUT2D eigenvalue weighted by molar-refractivity contribution is 9.07. The molecule has 0 saturated heterocycles. The highest BCUT2D eigenvalue weighted by Crippen LogP contribution is 1.95. The Hall–Kier alpha value is -0.310. The molecule has 1 amide bonds. The van der Waals surface area contributed by atoms with Gasteiger partial charge < -0.3 is 0 Å². The molecular formula is C5H8BrNO. The van der Waals surface area contributed by atoms with E-state index in [0.29, 0.717) is 6.54 Å². The van der Waals surface area contributed by atoms with E-state index in [9.17, 15) is 4.79 Å². The van der Waals surface area contributed by atoms with Crippen LogP contribution < -0.4 is 0 Å². The molecule has 0 bridgehead atoms. The van der Waals surface area contributed by atoms with Crippen LogP contribution in [-0.2, 0) is 4.79 Å². The summed E-state index contributed by atoms with van der Waals surface area (Å²) in [5, 5.41) is 0. The van der Waals surface area contributed by atoms with Crippen molar-refractivity contribution in [1.29, 1.82) is 0 Å². The SMILES string of the molecule is C=CCN(Br)C(C)=O. The Bertz CT molecular complexity index is 103. The number of hydrogen-bond acceptors (Lipinski definition) is 1. The van der Waals surface area contributed by atoms with E-state index in [2.05, 4.69) is 22.7 Å². The van der Waals surface area contributed by atoms with Gasteiger partial charge in [0.15, 0.2) is 0 Å². The van der Waals surface area contributed by atoms with Gasteiger partial charge in [-0.25, -0.2) is 0 Å². The van der Waals surface area contributed by atoms with Crippen molar-refractivity contribution >= 4 is 22.1 Å². The zero-order chi connectivity index (χ0) is 6.57. The third kappa shape index (κ3) is 2.80. The van der Waals surface area contributed by atoms with E-state index in [0.717, 1.165) is 0 Å². The van der Waals surface area contributed by atoms with Crippen molar-refractivity contribution in [1.82, 2.24) is 3.93 Å². The van der Waals surface area contributed by atoms with E-state index >= 15 is 0 Å². The first-order valence-electron chi connectivity index (χ1n) is 2.23. The molecule has 0 aromatic carbocycles. The van der Waals surface area contributed by atoms with Crippen LogP contribution in [0.25, 0.3) is 0 Å². The van der Waals surface area contributed by atoms with Crippen LogP contribution in [0.1, 0.15) is 6.92 Å². The Labute approximate surface area is 57.5 Å². The standard InChI is InChI=1S/C5H8BrNO/c1-3-4-7(6)5(2)8/h3H,1,4H2,2H3. The van der Waals surface area contributed by atoms with Gasteiger partial charge in [0, 0.05) is 6.92 Å². The molecule has 0 saturated carbocycles. The van der Waals surface area contributed by atoms with Crippen molar-refractivity contribution in [3.8, 4) is 0 Å². The maximum absolute atomic E-state index is 10.4. The monoisotopic (exact) mass is 177 g/mol. The first-order chi connectivity index (χ1) is 3.68. The van der Waals surface area contributed by atoms with Crippen molar-refractivity contribution < 1.29 is 4.79 Å². The predicted molar refractivity (Wildman–Crippen MR) is 36.5 cm³/mol. The van der Waals surface area contributed by atoms with Crippen LogP contribution in [0.5, 0.6) is 0 Å². The predicted octanol–water partition coefficient (Wildman–Crippen LogP) is 1.33. The van der Waals surface area contributed by atoms with Gasteiger partial charge in [-0.3, -0.25) is 8.72 Å². The van der Waals surface area contributed by atoms with Crippen molar-refractivity contribution in [3.63, 3.8) is 0 Å². The lowest BCUT2D eigenvalue weighted by molar-refractivity contribution is -0.123. The normalized spacial score (nSPS) is 8.25. The van der Waals surface area contributed by atoms with Gasteiger partial charge in [0.1, 0.15) is 0 Å². The van der Waals surface area contributed by atoms with Gasteiger partial charge in [-0.2, -0.15) is 0 Å². The zero-order valence-electron chi connectivity index (χ0n) is 4.72. The van der Waals surface area contributed by atoms with Crippen LogP contribution in [0.15, 0.2) is 12.7 Å². The van der Waals surface area contributed by atoms with E-state index < -0.39 is 0 Å². The first kappa shape index (κ1) is 7.69. The number of amides is 1. The summed E-state index contributed by atoms with van der Waals surface area (Å²) >= 11 is 3.01. The number of rotatable bonds is 2. The van der Waals surface area contributed by atoms with E-state index in [1.807, 2.05) is 0 Å². The molecule has 2 nitrogen and oxygen atoms in total. The molecule has 0 N–H and O–H groups in total. The summed E-state index contributed by atoms with van der Waals surface area (Å²) in [6.07, 6.45) is 1.65. The molecule has 0 atom stereocenters. The molecule has 0 aromatic heterocycles. The van der Waals surface area contributed by atoms with E-state index in [4.69, 9.17) is 0 Å². The molecule has 0 aromatic rings. The van der Waals surface area contributed by atoms with Crippen molar-refractivity contribution in [2.24, 2.45) is 0 Å². The van der Waals surface area contributed by atoms with Crippen LogP contribution in [0.4, 0.5) is 0 Å². The molecule has 0 aliphatic carbocycles. The van der Waals surface area contributed by atoms with E-state index in [-0.39, 0.29) is 5.91 Å². The molecule has 0 fully saturated rings. The maximum Gasteiger partial charge on any atom is 0.229 e. The number of hydrogen-bond donors (Lipinski definition) is 0. The fourth-order valence-corrected chi connectivity index (χ4v) is 0.447. The molecule has 46 valence electrons. The highest BCUT2D eigenvalue weighted by Gasteiger charge is 1.97. The average Bonchev–Trinajstić information content (AvgIpc) is 1.67. The molecule has 0 aliphatic heterocycles. The van der Waals surface area contributed by atoms with Crippen LogP contribution in [0.3, 0.4) is 0 Å². The average molecular weight is 178 g/mol. The molecule has 0 spiro atoms. The largest absolute Gasteiger partial charge is 0.275 e. The van der Waals surface area contributed by atoms with Gasteiger partial charge in [-0.1, -0.05) is 6.08 Å². The van der Waals surface area contributed by atoms with Crippen LogP contribution >= 0.6 is 16.1 Å². The Kier molecular flexibility index (Phi) is 3.52. The van der Waals surface area contributed by atoms with Crippen LogP contribution in [0, 0.1) is 0 Å². The van der Waals surface area contributed by atoms with Crippen molar-refractivity contribution in [2.45, 2.75) is 6.92 Å². The third-order valence-electron chi connectivity index (χ3n) is 0.631. The Balaban J connectivity index is 3.46. The summed E-state index contributed by atoms with van der Waals surface area (Å²) in [6.45, 7) is 5.49. The van der Waals surface area contributed by atoms with Gasteiger partial charge in [0.2, 0.25) is 5.91 Å². The lowest BCUT2D eigenvalue weighted by atomic mass is 10.6. The first-order valence-corrected chi connectivity index (χ1v) is 2.94. The lowest BCUT2D eigenvalue weighted by Gasteiger charge is -2.06. The molecule has 0 aliphatic rings. The second kappa shape index (κ2) is 3.66. The Morgan fingerprint density at radius 2 is 2.50 bits per heavy atom. The van der Waals surface area contributed by atoms with Gasteiger partial charge in [0.05, 0.1) is 22.7 Å². The molecule has 0 rings (SSSR count). The molecule has 8 heavy (non-hydrogen) atoms. The summed E-state index contributed by atoms with van der Waals surface area (Å²) in [7, 11) is 0. The van der Waals surface area contributed by atoms with E-state index in [1.54, 1.807) is 6.08 Å². The highest BCUT2D eigenvalue weighted by atomic mass is 79.9. The minimum Gasteiger partial charge on any atom is -0.275 e. The fraction of sp³-hybridized carbons (Fsp3) is 0.400. The molecular weight excluding hydrogens is 170 g/mol. The maximum atomic E-state index is 10.4. The number of carbonyl (C=O) groups excluding carboxylic acids is 1. The van der Waals surface area contributed by atoms with Crippen molar-refractivity contribution in [3.05, 3.63) is 12.7 Å². The topological polar surface area (TPSA) is 20.3 Å². The van der Waals surface area contributed by atoms with Crippen molar-refractivity contribution in [2.75, 3.05) is 6.54 Å². The zero-order valence-corrected chi connectivity index (χ0v) is 6.31. The summed E-state index contributed by atoms with van der Waals surface area (Å²) in [5.41, 5.74) is 0. The molecule has 3 heteroatoms. The van der Waals surface area contributed by atoms with Crippen LogP contribution in [-0.4, -0.2) is 16.4 Å². The smallest absolute Gasteiger partial charge is 0.229 e. The molecule has 0 unspecified atom stereocenters. The number of nitrogens with zero attached hydrogens (tertiary/aromatic N) is 1. The van der Waals surface area contributed by atoms with Gasteiger partial charge in [-0.05, 0) is 0 Å². The van der Waals surface area contributed by atoms with E-state index in [1.165, 1.54) is 10.8 Å². The minimum absolute atomic E-state index is 0.00935. The quantitative estimate of drug-likeness (QED) is 0.461. The lowest BCUT2D eigenvalue weighted by Crippen LogP contribution is -2.16. The summed E-state index contributed by atoms with van der Waals surface area (Å²) in [5.74, 6) is -0.00935. The molecule has 0 heterocycles. The summed E-state index contributed by atoms with van der Waals surface area (Å²) < 4.78 is 1.40. The second-order valence-electron chi connectivity index (χ2n) is 1.35.